The molecule has 6 nitrogen and oxygen atoms in total. The van der Waals surface area contributed by atoms with Crippen LogP contribution in [0.2, 0.25) is 5.02 Å². The summed E-state index contributed by atoms with van der Waals surface area (Å²) in [5.41, 5.74) is 6.81. The molecule has 102 valence electrons. The van der Waals surface area contributed by atoms with Crippen LogP contribution in [0.15, 0.2) is 24.5 Å². The van der Waals surface area contributed by atoms with E-state index in [-0.39, 0.29) is 18.1 Å². The Morgan fingerprint density at radius 3 is 3.00 bits per heavy atom. The average molecular weight is 291 g/mol. The molecule has 0 atom stereocenters. The zero-order valence-electron chi connectivity index (χ0n) is 10.6. The lowest BCUT2D eigenvalue weighted by Crippen LogP contribution is -2.09. The van der Waals surface area contributed by atoms with E-state index in [4.69, 9.17) is 27.3 Å². The zero-order valence-corrected chi connectivity index (χ0v) is 11.4. The number of carbonyl (C=O) groups is 1. The number of aromatic nitrogens is 2. The van der Waals surface area contributed by atoms with Gasteiger partial charge in [-0.2, -0.15) is 5.26 Å². The Labute approximate surface area is 120 Å². The first-order chi connectivity index (χ1) is 9.58. The monoisotopic (exact) mass is 290 g/mol. The van der Waals surface area contributed by atoms with Gasteiger partial charge in [-0.05, 0) is 25.1 Å². The molecule has 1 heterocycles. The highest BCUT2D eigenvalue weighted by Crippen LogP contribution is 2.25. The standard InChI is InChI=1S/C13H11ClN4O2/c1-2-20-13(19)11-12(16)18(7-17-11)10-5-8(6-15)3-4-9(10)14/h3-5,7H,2,16H2,1H3. The highest BCUT2D eigenvalue weighted by molar-refractivity contribution is 6.32. The minimum atomic E-state index is -0.601. The van der Waals surface area contributed by atoms with Crippen LogP contribution in [0.5, 0.6) is 0 Å². The third-order valence-electron chi connectivity index (χ3n) is 2.61. The van der Waals surface area contributed by atoms with Gasteiger partial charge in [0, 0.05) is 0 Å². The molecule has 0 bridgehead atoms. The summed E-state index contributed by atoms with van der Waals surface area (Å²) in [7, 11) is 0. The summed E-state index contributed by atoms with van der Waals surface area (Å²) < 4.78 is 6.29. The van der Waals surface area contributed by atoms with Crippen LogP contribution in [0.3, 0.4) is 0 Å². The number of esters is 1. The molecule has 0 saturated heterocycles. The van der Waals surface area contributed by atoms with E-state index in [1.54, 1.807) is 25.1 Å². The van der Waals surface area contributed by atoms with Crippen molar-refractivity contribution < 1.29 is 9.53 Å². The van der Waals surface area contributed by atoms with Crippen molar-refractivity contribution >= 4 is 23.4 Å². The molecule has 2 rings (SSSR count). The summed E-state index contributed by atoms with van der Waals surface area (Å²) in [5.74, 6) is -0.489. The molecule has 0 amide bonds. The third kappa shape index (κ3) is 2.44. The van der Waals surface area contributed by atoms with Crippen molar-refractivity contribution in [3.8, 4) is 11.8 Å². The van der Waals surface area contributed by atoms with Gasteiger partial charge in [0.1, 0.15) is 12.1 Å². The Kier molecular flexibility index (Phi) is 3.91. The van der Waals surface area contributed by atoms with Gasteiger partial charge in [-0.3, -0.25) is 4.57 Å². The van der Waals surface area contributed by atoms with Gasteiger partial charge in [0.2, 0.25) is 0 Å². The number of anilines is 1. The molecular formula is C13H11ClN4O2. The molecule has 0 unspecified atom stereocenters. The normalized spacial score (nSPS) is 10.1. The maximum absolute atomic E-state index is 11.7. The van der Waals surface area contributed by atoms with Crippen molar-refractivity contribution in [3.63, 3.8) is 0 Å². The van der Waals surface area contributed by atoms with Crippen LogP contribution in [0.4, 0.5) is 5.82 Å². The van der Waals surface area contributed by atoms with Gasteiger partial charge in [0.05, 0.1) is 28.9 Å². The quantitative estimate of drug-likeness (QED) is 0.874. The van der Waals surface area contributed by atoms with Crippen LogP contribution < -0.4 is 5.73 Å². The minimum Gasteiger partial charge on any atom is -0.461 e. The van der Waals surface area contributed by atoms with Crippen LogP contribution in [-0.4, -0.2) is 22.1 Å². The number of imidazole rings is 1. The minimum absolute atomic E-state index is 0.0188. The fraction of sp³-hybridized carbons (Fsp3) is 0.154. The number of hydrogen-bond acceptors (Lipinski definition) is 5. The highest BCUT2D eigenvalue weighted by atomic mass is 35.5. The molecule has 0 aliphatic heterocycles. The molecule has 7 heteroatoms. The number of nitrogens with zero attached hydrogens (tertiary/aromatic N) is 3. The maximum atomic E-state index is 11.7. The first-order valence-electron chi connectivity index (χ1n) is 5.78. The first kappa shape index (κ1) is 13.9. The summed E-state index contributed by atoms with van der Waals surface area (Å²) >= 11 is 6.08. The van der Waals surface area contributed by atoms with Crippen molar-refractivity contribution in [1.82, 2.24) is 9.55 Å². The molecule has 2 N–H and O–H groups in total. The molecule has 0 spiro atoms. The van der Waals surface area contributed by atoms with Crippen LogP contribution in [0.1, 0.15) is 23.0 Å². The topological polar surface area (TPSA) is 93.9 Å². The lowest BCUT2D eigenvalue weighted by molar-refractivity contribution is 0.0521. The van der Waals surface area contributed by atoms with Crippen molar-refractivity contribution in [2.75, 3.05) is 12.3 Å². The molecule has 20 heavy (non-hydrogen) atoms. The molecule has 1 aromatic carbocycles. The second-order valence-electron chi connectivity index (χ2n) is 3.85. The average Bonchev–Trinajstić information content (AvgIpc) is 2.81. The molecule has 0 radical (unpaired) electrons. The fourth-order valence-electron chi connectivity index (χ4n) is 1.67. The lowest BCUT2D eigenvalue weighted by Gasteiger charge is -2.08. The molecule has 0 saturated carbocycles. The second kappa shape index (κ2) is 5.63. The predicted molar refractivity (Wildman–Crippen MR) is 73.7 cm³/mol. The van der Waals surface area contributed by atoms with Crippen molar-refractivity contribution in [2.24, 2.45) is 0 Å². The summed E-state index contributed by atoms with van der Waals surface area (Å²) in [6.07, 6.45) is 1.37. The zero-order chi connectivity index (χ0) is 14.7. The molecule has 0 aliphatic rings. The number of carbonyl (C=O) groups excluding carboxylic acids is 1. The van der Waals surface area contributed by atoms with E-state index >= 15 is 0 Å². The van der Waals surface area contributed by atoms with E-state index in [9.17, 15) is 4.79 Å². The van der Waals surface area contributed by atoms with Gasteiger partial charge in [0.25, 0.3) is 0 Å². The third-order valence-corrected chi connectivity index (χ3v) is 2.93. The fourth-order valence-corrected chi connectivity index (χ4v) is 1.88. The number of hydrogen-bond donors (Lipinski definition) is 1. The summed E-state index contributed by atoms with van der Waals surface area (Å²) in [4.78, 5) is 15.6. The summed E-state index contributed by atoms with van der Waals surface area (Å²) in [6.45, 7) is 1.92. The Bertz CT molecular complexity index is 703. The van der Waals surface area contributed by atoms with E-state index in [1.165, 1.54) is 10.9 Å². The SMILES string of the molecule is CCOC(=O)c1ncn(-c2cc(C#N)ccc2Cl)c1N. The number of benzene rings is 1. The Hall–Kier alpha value is -2.52. The van der Waals surface area contributed by atoms with Crippen molar-refractivity contribution in [1.29, 1.82) is 5.26 Å². The number of halogens is 1. The summed E-state index contributed by atoms with van der Waals surface area (Å²) in [6, 6.07) is 6.74. The lowest BCUT2D eigenvalue weighted by atomic mass is 10.2. The van der Waals surface area contributed by atoms with Crippen LogP contribution in [0.25, 0.3) is 5.69 Å². The molecule has 0 fully saturated rings. The van der Waals surface area contributed by atoms with Gasteiger partial charge in [-0.25, -0.2) is 9.78 Å². The number of rotatable bonds is 3. The smallest absolute Gasteiger partial charge is 0.360 e. The van der Waals surface area contributed by atoms with Crippen molar-refractivity contribution in [3.05, 3.63) is 40.8 Å². The Morgan fingerprint density at radius 1 is 1.60 bits per heavy atom. The number of nitrogens with two attached hydrogens (primary N) is 1. The molecule has 2 aromatic rings. The number of ether oxygens (including phenoxy) is 1. The number of nitrogen functional groups attached to an aromatic ring is 1. The van der Waals surface area contributed by atoms with E-state index in [2.05, 4.69) is 4.98 Å². The Balaban J connectivity index is 2.50. The van der Waals surface area contributed by atoms with Gasteiger partial charge < -0.3 is 10.5 Å². The molecule has 1 aromatic heterocycles. The largest absolute Gasteiger partial charge is 0.461 e. The Morgan fingerprint density at radius 2 is 2.35 bits per heavy atom. The van der Waals surface area contributed by atoms with Crippen LogP contribution >= 0.6 is 11.6 Å². The van der Waals surface area contributed by atoms with Gasteiger partial charge in [-0.1, -0.05) is 11.6 Å². The molecule has 0 aliphatic carbocycles. The molecular weight excluding hydrogens is 280 g/mol. The van der Waals surface area contributed by atoms with E-state index < -0.39 is 5.97 Å². The van der Waals surface area contributed by atoms with Crippen LogP contribution in [-0.2, 0) is 4.74 Å². The van der Waals surface area contributed by atoms with Crippen LogP contribution in [0, 0.1) is 11.3 Å². The number of nitriles is 1. The maximum Gasteiger partial charge on any atom is 0.360 e. The highest BCUT2D eigenvalue weighted by Gasteiger charge is 2.18. The predicted octanol–water partition coefficient (Wildman–Crippen LogP) is 2.16. The first-order valence-corrected chi connectivity index (χ1v) is 6.16. The van der Waals surface area contributed by atoms with Gasteiger partial charge in [-0.15, -0.1) is 0 Å². The van der Waals surface area contributed by atoms with E-state index in [0.717, 1.165) is 0 Å². The summed E-state index contributed by atoms with van der Waals surface area (Å²) in [5, 5.41) is 9.30. The van der Waals surface area contributed by atoms with Crippen molar-refractivity contribution in [2.45, 2.75) is 6.92 Å². The van der Waals surface area contributed by atoms with E-state index in [1.807, 2.05) is 6.07 Å². The van der Waals surface area contributed by atoms with Gasteiger partial charge >= 0.3 is 5.97 Å². The van der Waals surface area contributed by atoms with Gasteiger partial charge in [0.15, 0.2) is 5.69 Å². The second-order valence-corrected chi connectivity index (χ2v) is 4.25. The van der Waals surface area contributed by atoms with E-state index in [0.29, 0.717) is 16.3 Å².